The van der Waals surface area contributed by atoms with Gasteiger partial charge in [-0.3, -0.25) is 0 Å². The Morgan fingerprint density at radius 2 is 2.11 bits per heavy atom. The number of hydrogen-bond acceptors (Lipinski definition) is 4. The number of methoxy groups -OCH3 is 1. The van der Waals surface area contributed by atoms with Gasteiger partial charge in [-0.25, -0.2) is 9.97 Å². The van der Waals surface area contributed by atoms with E-state index in [9.17, 15) is 0 Å². The van der Waals surface area contributed by atoms with Crippen molar-refractivity contribution in [3.05, 3.63) is 42.1 Å². The van der Waals surface area contributed by atoms with Crippen LogP contribution in [0.1, 0.15) is 0 Å². The Hall–Kier alpha value is -2.27. The standard InChI is InChI=1S/C13H10ClN3O2/c1-18-11-5-10-9(13(14)17-7-16-10)4-12(11)19-8-2-3-15-6-8/h2-7,15H,1H3. The molecule has 2 heterocycles. The first-order chi connectivity index (χ1) is 9.28. The van der Waals surface area contributed by atoms with Crippen LogP contribution >= 0.6 is 11.6 Å². The highest BCUT2D eigenvalue weighted by molar-refractivity contribution is 6.34. The summed E-state index contributed by atoms with van der Waals surface area (Å²) in [5.74, 6) is 1.83. The molecule has 0 saturated carbocycles. The van der Waals surface area contributed by atoms with Crippen LogP contribution in [0.4, 0.5) is 0 Å². The van der Waals surface area contributed by atoms with Crippen molar-refractivity contribution in [3.8, 4) is 17.2 Å². The van der Waals surface area contributed by atoms with Crippen molar-refractivity contribution in [1.82, 2.24) is 15.0 Å². The van der Waals surface area contributed by atoms with Gasteiger partial charge < -0.3 is 14.5 Å². The van der Waals surface area contributed by atoms with E-state index in [-0.39, 0.29) is 0 Å². The summed E-state index contributed by atoms with van der Waals surface area (Å²) in [7, 11) is 1.58. The first kappa shape index (κ1) is 11.8. The summed E-state index contributed by atoms with van der Waals surface area (Å²) in [5, 5.41) is 1.10. The second kappa shape index (κ2) is 4.78. The summed E-state index contributed by atoms with van der Waals surface area (Å²) in [6.07, 6.45) is 4.93. The Bertz CT molecular complexity index is 713. The molecule has 2 aromatic heterocycles. The first-order valence-corrected chi connectivity index (χ1v) is 5.94. The molecule has 3 rings (SSSR count). The van der Waals surface area contributed by atoms with Gasteiger partial charge in [0.1, 0.15) is 17.2 Å². The molecule has 96 valence electrons. The zero-order valence-corrected chi connectivity index (χ0v) is 10.8. The van der Waals surface area contributed by atoms with Crippen LogP contribution in [0.5, 0.6) is 17.2 Å². The molecule has 0 saturated heterocycles. The monoisotopic (exact) mass is 275 g/mol. The zero-order chi connectivity index (χ0) is 13.2. The van der Waals surface area contributed by atoms with E-state index in [0.29, 0.717) is 27.9 Å². The number of H-pyrrole nitrogens is 1. The Morgan fingerprint density at radius 1 is 1.21 bits per heavy atom. The van der Waals surface area contributed by atoms with Gasteiger partial charge in [-0.1, -0.05) is 11.6 Å². The number of ether oxygens (including phenoxy) is 2. The highest BCUT2D eigenvalue weighted by Crippen LogP contribution is 2.36. The SMILES string of the molecule is COc1cc2ncnc(Cl)c2cc1Oc1cc[nH]c1. The van der Waals surface area contributed by atoms with Gasteiger partial charge in [0.05, 0.1) is 12.6 Å². The van der Waals surface area contributed by atoms with Gasteiger partial charge in [0, 0.05) is 23.8 Å². The molecule has 0 unspecified atom stereocenters. The van der Waals surface area contributed by atoms with Gasteiger partial charge in [0.25, 0.3) is 0 Å². The van der Waals surface area contributed by atoms with Gasteiger partial charge in [0.15, 0.2) is 11.5 Å². The molecular weight excluding hydrogens is 266 g/mol. The Balaban J connectivity index is 2.14. The van der Waals surface area contributed by atoms with Crippen LogP contribution in [-0.2, 0) is 0 Å². The van der Waals surface area contributed by atoms with E-state index >= 15 is 0 Å². The summed E-state index contributed by atoms with van der Waals surface area (Å²) in [4.78, 5) is 11.0. The molecule has 6 heteroatoms. The summed E-state index contributed by atoms with van der Waals surface area (Å²) >= 11 is 6.05. The fraction of sp³-hybridized carbons (Fsp3) is 0.0769. The Kier molecular flexibility index (Phi) is 2.97. The van der Waals surface area contributed by atoms with Crippen LogP contribution < -0.4 is 9.47 Å². The molecule has 0 bridgehead atoms. The number of rotatable bonds is 3. The van der Waals surface area contributed by atoms with Crippen molar-refractivity contribution in [1.29, 1.82) is 0 Å². The van der Waals surface area contributed by atoms with Crippen LogP contribution in [0.3, 0.4) is 0 Å². The third-order valence-corrected chi connectivity index (χ3v) is 2.97. The van der Waals surface area contributed by atoms with E-state index in [1.807, 2.05) is 6.07 Å². The second-order valence-electron chi connectivity index (χ2n) is 3.83. The van der Waals surface area contributed by atoms with Gasteiger partial charge in [-0.2, -0.15) is 0 Å². The molecular formula is C13H10ClN3O2. The van der Waals surface area contributed by atoms with Gasteiger partial charge in [0.2, 0.25) is 0 Å². The average Bonchev–Trinajstić information content (AvgIpc) is 2.92. The Labute approximate surface area is 114 Å². The van der Waals surface area contributed by atoms with E-state index in [2.05, 4.69) is 15.0 Å². The molecule has 19 heavy (non-hydrogen) atoms. The van der Waals surface area contributed by atoms with Crippen LogP contribution in [0, 0.1) is 0 Å². The smallest absolute Gasteiger partial charge is 0.170 e. The molecule has 5 nitrogen and oxygen atoms in total. The number of aromatic amines is 1. The van der Waals surface area contributed by atoms with Gasteiger partial charge >= 0.3 is 0 Å². The number of nitrogens with one attached hydrogen (secondary N) is 1. The maximum Gasteiger partial charge on any atom is 0.170 e. The molecule has 1 N–H and O–H groups in total. The third kappa shape index (κ3) is 2.20. The molecule has 0 aliphatic rings. The van der Waals surface area contributed by atoms with Crippen molar-refractivity contribution in [2.75, 3.05) is 7.11 Å². The fourth-order valence-electron chi connectivity index (χ4n) is 1.77. The number of fused-ring (bicyclic) bond motifs is 1. The van der Waals surface area contributed by atoms with E-state index in [1.165, 1.54) is 6.33 Å². The highest BCUT2D eigenvalue weighted by atomic mass is 35.5. The van der Waals surface area contributed by atoms with Crippen LogP contribution in [0.15, 0.2) is 36.9 Å². The van der Waals surface area contributed by atoms with Crippen molar-refractivity contribution < 1.29 is 9.47 Å². The molecule has 0 aliphatic heterocycles. The number of halogens is 1. The summed E-state index contributed by atoms with van der Waals surface area (Å²) < 4.78 is 11.0. The first-order valence-electron chi connectivity index (χ1n) is 5.57. The molecule has 1 aromatic carbocycles. The topological polar surface area (TPSA) is 60.0 Å². The number of aromatic nitrogens is 3. The normalized spacial score (nSPS) is 10.6. The average molecular weight is 276 g/mol. The molecule has 0 aliphatic carbocycles. The van der Waals surface area contributed by atoms with Crippen molar-refractivity contribution in [2.24, 2.45) is 0 Å². The largest absolute Gasteiger partial charge is 0.493 e. The molecule has 0 amide bonds. The van der Waals surface area contributed by atoms with E-state index in [1.54, 1.807) is 31.6 Å². The number of hydrogen-bond donors (Lipinski definition) is 1. The summed E-state index contributed by atoms with van der Waals surface area (Å²) in [5.41, 5.74) is 0.707. The lowest BCUT2D eigenvalue weighted by Gasteiger charge is -2.10. The van der Waals surface area contributed by atoms with Crippen molar-refractivity contribution in [3.63, 3.8) is 0 Å². The highest BCUT2D eigenvalue weighted by Gasteiger charge is 2.11. The lowest BCUT2D eigenvalue weighted by atomic mass is 10.2. The minimum atomic E-state index is 0.381. The lowest BCUT2D eigenvalue weighted by molar-refractivity contribution is 0.380. The second-order valence-corrected chi connectivity index (χ2v) is 4.19. The predicted octanol–water partition coefficient (Wildman–Crippen LogP) is 3.41. The Morgan fingerprint density at radius 3 is 2.84 bits per heavy atom. The van der Waals surface area contributed by atoms with Crippen LogP contribution in [0.2, 0.25) is 5.15 Å². The summed E-state index contributed by atoms with van der Waals surface area (Å²) in [6.45, 7) is 0. The quantitative estimate of drug-likeness (QED) is 0.744. The maximum absolute atomic E-state index is 6.05. The van der Waals surface area contributed by atoms with Crippen LogP contribution in [-0.4, -0.2) is 22.1 Å². The van der Waals surface area contributed by atoms with Gasteiger partial charge in [-0.05, 0) is 12.1 Å². The van der Waals surface area contributed by atoms with Crippen LogP contribution in [0.25, 0.3) is 10.9 Å². The summed E-state index contributed by atoms with van der Waals surface area (Å²) in [6, 6.07) is 5.35. The molecule has 3 aromatic rings. The number of nitrogens with zero attached hydrogens (tertiary/aromatic N) is 2. The number of benzene rings is 1. The van der Waals surface area contributed by atoms with E-state index in [4.69, 9.17) is 21.1 Å². The molecule has 0 atom stereocenters. The van der Waals surface area contributed by atoms with Crippen molar-refractivity contribution in [2.45, 2.75) is 0 Å². The van der Waals surface area contributed by atoms with Gasteiger partial charge in [-0.15, -0.1) is 0 Å². The predicted molar refractivity (Wildman–Crippen MR) is 72.0 cm³/mol. The minimum Gasteiger partial charge on any atom is -0.493 e. The third-order valence-electron chi connectivity index (χ3n) is 2.67. The zero-order valence-electron chi connectivity index (χ0n) is 10.1. The molecule has 0 spiro atoms. The fourth-order valence-corrected chi connectivity index (χ4v) is 1.97. The molecule has 0 radical (unpaired) electrons. The maximum atomic E-state index is 6.05. The van der Waals surface area contributed by atoms with Crippen molar-refractivity contribution >= 4 is 22.5 Å². The lowest BCUT2D eigenvalue weighted by Crippen LogP contribution is -1.92. The van der Waals surface area contributed by atoms with E-state index in [0.717, 1.165) is 5.39 Å². The van der Waals surface area contributed by atoms with E-state index < -0.39 is 0 Å². The molecule has 0 fully saturated rings. The minimum absolute atomic E-state index is 0.381.